The van der Waals surface area contributed by atoms with E-state index >= 15 is 0 Å². The lowest BCUT2D eigenvalue weighted by Gasteiger charge is -2.21. The van der Waals surface area contributed by atoms with Gasteiger partial charge in [0.15, 0.2) is 0 Å². The van der Waals surface area contributed by atoms with Crippen LogP contribution < -0.4 is 5.32 Å². The molecule has 1 aliphatic heterocycles. The van der Waals surface area contributed by atoms with E-state index in [0.717, 1.165) is 35.6 Å². The molecule has 0 amide bonds. The summed E-state index contributed by atoms with van der Waals surface area (Å²) in [5, 5.41) is 3.65. The van der Waals surface area contributed by atoms with Crippen LogP contribution in [0.5, 0.6) is 0 Å². The number of nitrogens with zero attached hydrogens (tertiary/aromatic N) is 2. The van der Waals surface area contributed by atoms with Crippen molar-refractivity contribution in [2.75, 3.05) is 20.6 Å². The Morgan fingerprint density at radius 1 is 1.45 bits per heavy atom. The largest absolute Gasteiger partial charge is 0.382 e. The van der Waals surface area contributed by atoms with Gasteiger partial charge in [0, 0.05) is 28.9 Å². The standard InChI is InChI=1S/C19H31N3/c1-8-9-10-18-17(5)21-16(4)14(2)13-19(18)20-15(3)11-12-22(6)7/h8-10,13-15,20H,5,11-12H2,1-4,6-7H3/b9-8-,18-10+/t14-,15?/m0/s1. The van der Waals surface area contributed by atoms with Crippen molar-refractivity contribution in [3.8, 4) is 0 Å². The molecule has 2 atom stereocenters. The average Bonchev–Trinajstić information content (AvgIpc) is 2.53. The second kappa shape index (κ2) is 8.74. The van der Waals surface area contributed by atoms with Gasteiger partial charge in [0.1, 0.15) is 0 Å². The molecule has 122 valence electrons. The molecule has 22 heavy (non-hydrogen) atoms. The summed E-state index contributed by atoms with van der Waals surface area (Å²) in [5.41, 5.74) is 4.16. The van der Waals surface area contributed by atoms with Crippen LogP contribution in [0.15, 0.2) is 52.8 Å². The van der Waals surface area contributed by atoms with Crippen molar-refractivity contribution in [3.63, 3.8) is 0 Å². The third-order valence-corrected chi connectivity index (χ3v) is 3.85. The minimum absolute atomic E-state index is 0.316. The highest BCUT2D eigenvalue weighted by molar-refractivity contribution is 5.88. The van der Waals surface area contributed by atoms with Crippen LogP contribution >= 0.6 is 0 Å². The van der Waals surface area contributed by atoms with Gasteiger partial charge in [0.05, 0.1) is 5.70 Å². The van der Waals surface area contributed by atoms with Crippen molar-refractivity contribution in [2.45, 2.75) is 40.2 Å². The first-order valence-electron chi connectivity index (χ1n) is 8.06. The molecular weight excluding hydrogens is 270 g/mol. The summed E-state index contributed by atoms with van der Waals surface area (Å²) < 4.78 is 0. The maximum absolute atomic E-state index is 4.64. The monoisotopic (exact) mass is 301 g/mol. The average molecular weight is 301 g/mol. The van der Waals surface area contributed by atoms with Crippen LogP contribution in [0.25, 0.3) is 0 Å². The van der Waals surface area contributed by atoms with Crippen molar-refractivity contribution in [2.24, 2.45) is 10.9 Å². The molecule has 1 N–H and O–H groups in total. The van der Waals surface area contributed by atoms with Crippen molar-refractivity contribution in [1.29, 1.82) is 0 Å². The van der Waals surface area contributed by atoms with E-state index in [1.807, 2.05) is 19.1 Å². The molecular formula is C19H31N3. The molecule has 0 saturated carbocycles. The highest BCUT2D eigenvalue weighted by atomic mass is 15.1. The molecule has 0 fully saturated rings. The number of hydrogen-bond donors (Lipinski definition) is 1. The van der Waals surface area contributed by atoms with Gasteiger partial charge in [0.25, 0.3) is 0 Å². The van der Waals surface area contributed by atoms with Crippen LogP contribution in [-0.4, -0.2) is 37.3 Å². The van der Waals surface area contributed by atoms with Crippen molar-refractivity contribution in [1.82, 2.24) is 10.2 Å². The summed E-state index contributed by atoms with van der Waals surface area (Å²) in [6.45, 7) is 13.7. The Balaban J connectivity index is 3.00. The molecule has 1 unspecified atom stereocenters. The third-order valence-electron chi connectivity index (χ3n) is 3.85. The van der Waals surface area contributed by atoms with E-state index in [9.17, 15) is 0 Å². The Morgan fingerprint density at radius 3 is 2.73 bits per heavy atom. The Morgan fingerprint density at radius 2 is 2.14 bits per heavy atom. The first kappa shape index (κ1) is 18.4. The van der Waals surface area contributed by atoms with Gasteiger partial charge in [-0.05, 0) is 47.8 Å². The van der Waals surface area contributed by atoms with E-state index in [0.29, 0.717) is 12.0 Å². The summed E-state index contributed by atoms with van der Waals surface area (Å²) in [6, 6.07) is 0.404. The minimum atomic E-state index is 0.316. The number of nitrogens with one attached hydrogen (secondary N) is 1. The summed E-state index contributed by atoms with van der Waals surface area (Å²) in [6.07, 6.45) is 9.52. The van der Waals surface area contributed by atoms with E-state index in [4.69, 9.17) is 0 Å². The van der Waals surface area contributed by atoms with Gasteiger partial charge < -0.3 is 10.2 Å². The van der Waals surface area contributed by atoms with Gasteiger partial charge >= 0.3 is 0 Å². The normalized spacial score (nSPS) is 22.8. The quantitative estimate of drug-likeness (QED) is 0.805. The molecule has 1 aliphatic rings. The van der Waals surface area contributed by atoms with Gasteiger partial charge in [-0.1, -0.05) is 37.8 Å². The first-order valence-corrected chi connectivity index (χ1v) is 8.06. The van der Waals surface area contributed by atoms with Crippen LogP contribution in [0.3, 0.4) is 0 Å². The van der Waals surface area contributed by atoms with E-state index in [1.165, 1.54) is 0 Å². The lowest BCUT2D eigenvalue weighted by atomic mass is 10.0. The van der Waals surface area contributed by atoms with Crippen LogP contribution in [0, 0.1) is 5.92 Å². The first-order chi connectivity index (χ1) is 10.3. The van der Waals surface area contributed by atoms with E-state index < -0.39 is 0 Å². The molecule has 0 bridgehead atoms. The smallest absolute Gasteiger partial charge is 0.0650 e. The molecule has 0 spiro atoms. The van der Waals surface area contributed by atoms with Crippen LogP contribution in [0.4, 0.5) is 0 Å². The second-order valence-electron chi connectivity index (χ2n) is 6.31. The molecule has 0 aromatic rings. The van der Waals surface area contributed by atoms with E-state index in [2.05, 4.69) is 68.8 Å². The Kier molecular flexibility index (Phi) is 7.33. The summed E-state index contributed by atoms with van der Waals surface area (Å²) in [4.78, 5) is 6.86. The van der Waals surface area contributed by atoms with Crippen molar-refractivity contribution in [3.05, 3.63) is 47.9 Å². The van der Waals surface area contributed by atoms with Gasteiger partial charge in [-0.2, -0.15) is 0 Å². The molecule has 0 saturated heterocycles. The van der Waals surface area contributed by atoms with Gasteiger partial charge in [-0.25, -0.2) is 0 Å². The molecule has 0 aliphatic carbocycles. The van der Waals surface area contributed by atoms with Crippen LogP contribution in [-0.2, 0) is 0 Å². The highest BCUT2D eigenvalue weighted by Gasteiger charge is 2.17. The van der Waals surface area contributed by atoms with Crippen LogP contribution in [0.1, 0.15) is 34.1 Å². The predicted molar refractivity (Wildman–Crippen MR) is 98.2 cm³/mol. The predicted octanol–water partition coefficient (Wildman–Crippen LogP) is 3.93. The topological polar surface area (TPSA) is 27.6 Å². The molecule has 0 aromatic heterocycles. The fourth-order valence-electron chi connectivity index (χ4n) is 2.28. The molecule has 0 aromatic carbocycles. The fourth-order valence-corrected chi connectivity index (χ4v) is 2.28. The van der Waals surface area contributed by atoms with Gasteiger partial charge in [-0.15, -0.1) is 0 Å². The Hall–Kier alpha value is -1.61. The van der Waals surface area contributed by atoms with Crippen LogP contribution in [0.2, 0.25) is 0 Å². The summed E-state index contributed by atoms with van der Waals surface area (Å²) in [5.74, 6) is 0.316. The van der Waals surface area contributed by atoms with Crippen molar-refractivity contribution < 1.29 is 0 Å². The summed E-state index contributed by atoms with van der Waals surface area (Å²) >= 11 is 0. The zero-order chi connectivity index (χ0) is 16.7. The van der Waals surface area contributed by atoms with Gasteiger partial charge in [-0.3, -0.25) is 4.99 Å². The zero-order valence-corrected chi connectivity index (χ0v) is 15.0. The number of aliphatic imine (C=N–C) groups is 1. The zero-order valence-electron chi connectivity index (χ0n) is 15.0. The Labute approximate surface area is 136 Å². The molecule has 1 rings (SSSR count). The van der Waals surface area contributed by atoms with E-state index in [1.54, 1.807) is 0 Å². The lowest BCUT2D eigenvalue weighted by molar-refractivity contribution is 0.374. The van der Waals surface area contributed by atoms with Gasteiger partial charge in [0.2, 0.25) is 0 Å². The van der Waals surface area contributed by atoms with E-state index in [-0.39, 0.29) is 0 Å². The number of hydrogen-bond acceptors (Lipinski definition) is 3. The molecule has 1 heterocycles. The Bertz CT molecular complexity index is 507. The number of allylic oxidation sites excluding steroid dienone is 4. The van der Waals surface area contributed by atoms with Crippen molar-refractivity contribution >= 4 is 5.71 Å². The molecule has 3 heteroatoms. The second-order valence-corrected chi connectivity index (χ2v) is 6.31. The fraction of sp³-hybridized carbons (Fsp3) is 0.526. The maximum Gasteiger partial charge on any atom is 0.0650 e. The lowest BCUT2D eigenvalue weighted by Crippen LogP contribution is -2.30. The molecule has 0 radical (unpaired) electrons. The summed E-state index contributed by atoms with van der Waals surface area (Å²) in [7, 11) is 4.21. The molecule has 3 nitrogen and oxygen atoms in total. The number of rotatable bonds is 6. The maximum atomic E-state index is 4.64. The third kappa shape index (κ3) is 5.64. The minimum Gasteiger partial charge on any atom is -0.382 e. The SMILES string of the molecule is C=C1N=C(C)[C@@H](C)C=C(NC(C)CCN(C)C)/C1=C/C=C\C. The highest BCUT2D eigenvalue weighted by Crippen LogP contribution is 2.25.